The lowest BCUT2D eigenvalue weighted by Gasteiger charge is -2.28. The average molecular weight is 290 g/mol. The van der Waals surface area contributed by atoms with Crippen molar-refractivity contribution in [1.82, 2.24) is 25.4 Å². The molecule has 0 aromatic carbocycles. The molecule has 3 rings (SSSR count). The normalized spacial score (nSPS) is 22.4. The fraction of sp³-hybridized carbons (Fsp3) is 0.273. The minimum Gasteiger partial charge on any atom is -0.318 e. The minimum absolute atomic E-state index is 0.0238. The fourth-order valence-corrected chi connectivity index (χ4v) is 2.19. The number of anilines is 1. The summed E-state index contributed by atoms with van der Waals surface area (Å²) < 4.78 is 0. The Hall–Kier alpha value is -3.04. The van der Waals surface area contributed by atoms with E-state index in [1.165, 1.54) is 6.33 Å². The smallest absolute Gasteiger partial charge is 0.278 e. The molecule has 10 nitrogen and oxygen atoms in total. The Morgan fingerprint density at radius 2 is 2.10 bits per heavy atom. The molecule has 0 bridgehead atoms. The molecule has 1 atom stereocenters. The summed E-state index contributed by atoms with van der Waals surface area (Å²) in [7, 11) is 0. The van der Waals surface area contributed by atoms with Gasteiger partial charge in [-0.25, -0.2) is 4.98 Å². The van der Waals surface area contributed by atoms with E-state index in [0.717, 1.165) is 11.0 Å². The number of aromatic nitrogens is 3. The van der Waals surface area contributed by atoms with Gasteiger partial charge in [0, 0.05) is 12.5 Å². The second-order valence-corrected chi connectivity index (χ2v) is 4.49. The Morgan fingerprint density at radius 3 is 2.76 bits per heavy atom. The zero-order valence-electron chi connectivity index (χ0n) is 10.6. The van der Waals surface area contributed by atoms with Crippen LogP contribution in [0.3, 0.4) is 0 Å². The summed E-state index contributed by atoms with van der Waals surface area (Å²) in [6.07, 6.45) is 2.57. The maximum atomic E-state index is 12.2. The zero-order chi connectivity index (χ0) is 15.0. The highest BCUT2D eigenvalue weighted by atomic mass is 16.2. The van der Waals surface area contributed by atoms with Crippen molar-refractivity contribution in [1.29, 1.82) is 0 Å². The molecule has 1 fully saturated rings. The molecule has 108 valence electrons. The van der Waals surface area contributed by atoms with Gasteiger partial charge in [0.2, 0.25) is 17.8 Å². The second kappa shape index (κ2) is 4.81. The van der Waals surface area contributed by atoms with Gasteiger partial charge >= 0.3 is 0 Å². The molecule has 10 heteroatoms. The first-order chi connectivity index (χ1) is 10.1. The molecular weight excluding hydrogens is 280 g/mol. The lowest BCUT2D eigenvalue weighted by molar-refractivity contribution is -0.149. The largest absolute Gasteiger partial charge is 0.318 e. The maximum absolute atomic E-state index is 12.2. The third-order valence-corrected chi connectivity index (χ3v) is 3.14. The molecule has 1 aromatic heterocycles. The number of carbonyl (C=O) groups is 4. The van der Waals surface area contributed by atoms with Crippen LogP contribution in [0.25, 0.3) is 0 Å². The topological polar surface area (TPSA) is 137 Å². The Kier molecular flexibility index (Phi) is 2.97. The minimum atomic E-state index is -0.981. The first-order valence-corrected chi connectivity index (χ1v) is 6.12. The van der Waals surface area contributed by atoms with Crippen molar-refractivity contribution < 1.29 is 19.2 Å². The van der Waals surface area contributed by atoms with Gasteiger partial charge in [-0.15, -0.1) is 5.10 Å². The van der Waals surface area contributed by atoms with Crippen LogP contribution in [0.5, 0.6) is 0 Å². The van der Waals surface area contributed by atoms with E-state index < -0.39 is 29.7 Å². The van der Waals surface area contributed by atoms with Gasteiger partial charge in [0.25, 0.3) is 11.8 Å². The SMILES string of the molecule is O=C1CCC(N2C(=O)C=C(Nc3nc[nH]n3)C2=O)C(=O)N1. The van der Waals surface area contributed by atoms with Crippen molar-refractivity contribution in [2.75, 3.05) is 5.32 Å². The Morgan fingerprint density at radius 1 is 1.29 bits per heavy atom. The number of hydrogen-bond donors (Lipinski definition) is 3. The summed E-state index contributed by atoms with van der Waals surface area (Å²) in [6.45, 7) is 0. The maximum Gasteiger partial charge on any atom is 0.278 e. The van der Waals surface area contributed by atoms with E-state index in [0.29, 0.717) is 0 Å². The number of aromatic amines is 1. The van der Waals surface area contributed by atoms with Crippen LogP contribution in [0.2, 0.25) is 0 Å². The molecular formula is C11H10N6O4. The van der Waals surface area contributed by atoms with E-state index in [2.05, 4.69) is 25.8 Å². The molecule has 0 aliphatic carbocycles. The van der Waals surface area contributed by atoms with E-state index >= 15 is 0 Å². The van der Waals surface area contributed by atoms with Gasteiger partial charge < -0.3 is 5.32 Å². The second-order valence-electron chi connectivity index (χ2n) is 4.49. The molecule has 3 heterocycles. The number of H-pyrrole nitrogens is 1. The first-order valence-electron chi connectivity index (χ1n) is 6.12. The van der Waals surface area contributed by atoms with Crippen molar-refractivity contribution in [2.24, 2.45) is 0 Å². The number of amides is 4. The van der Waals surface area contributed by atoms with E-state index in [1.807, 2.05) is 0 Å². The summed E-state index contributed by atoms with van der Waals surface area (Å²) >= 11 is 0. The molecule has 0 saturated carbocycles. The van der Waals surface area contributed by atoms with Crippen LogP contribution in [0.15, 0.2) is 18.1 Å². The van der Waals surface area contributed by atoms with E-state index in [4.69, 9.17) is 0 Å². The van der Waals surface area contributed by atoms with Crippen molar-refractivity contribution in [3.8, 4) is 0 Å². The number of carbonyl (C=O) groups excluding carboxylic acids is 4. The van der Waals surface area contributed by atoms with Gasteiger partial charge in [0.1, 0.15) is 18.1 Å². The summed E-state index contributed by atoms with van der Waals surface area (Å²) in [5.74, 6) is -2.21. The van der Waals surface area contributed by atoms with Gasteiger partial charge in [-0.2, -0.15) is 0 Å². The van der Waals surface area contributed by atoms with Crippen LogP contribution < -0.4 is 10.6 Å². The molecule has 4 amide bonds. The molecule has 0 radical (unpaired) electrons. The van der Waals surface area contributed by atoms with E-state index in [9.17, 15) is 19.2 Å². The van der Waals surface area contributed by atoms with Crippen molar-refractivity contribution in [3.05, 3.63) is 18.1 Å². The lowest BCUT2D eigenvalue weighted by atomic mass is 10.0. The number of rotatable bonds is 3. The molecule has 2 aliphatic rings. The molecule has 3 N–H and O–H groups in total. The number of nitrogens with one attached hydrogen (secondary N) is 3. The van der Waals surface area contributed by atoms with Crippen LogP contribution in [0, 0.1) is 0 Å². The van der Waals surface area contributed by atoms with Crippen molar-refractivity contribution >= 4 is 29.6 Å². The van der Waals surface area contributed by atoms with E-state index in [-0.39, 0.29) is 24.5 Å². The Balaban J connectivity index is 1.77. The van der Waals surface area contributed by atoms with Crippen molar-refractivity contribution in [3.63, 3.8) is 0 Å². The highest BCUT2D eigenvalue weighted by Gasteiger charge is 2.42. The van der Waals surface area contributed by atoms with Crippen LogP contribution in [-0.2, 0) is 19.2 Å². The van der Waals surface area contributed by atoms with Gasteiger partial charge in [-0.3, -0.25) is 34.5 Å². The Labute approximate surface area is 117 Å². The standard InChI is InChI=1S/C11H10N6O4/c18-7-2-1-6(9(20)15-7)17-8(19)3-5(10(17)21)14-11-12-4-13-16-11/h3-4,6H,1-2H2,(H,15,18,20)(H2,12,13,14,16). The molecule has 1 aromatic rings. The van der Waals surface area contributed by atoms with Crippen LogP contribution in [0.4, 0.5) is 5.95 Å². The van der Waals surface area contributed by atoms with Crippen molar-refractivity contribution in [2.45, 2.75) is 18.9 Å². The van der Waals surface area contributed by atoms with Gasteiger partial charge in [-0.05, 0) is 6.42 Å². The summed E-state index contributed by atoms with van der Waals surface area (Å²) in [6, 6.07) is -0.981. The predicted octanol–water partition coefficient (Wildman–Crippen LogP) is -1.73. The molecule has 2 aliphatic heterocycles. The highest BCUT2D eigenvalue weighted by molar-refractivity contribution is 6.19. The fourth-order valence-electron chi connectivity index (χ4n) is 2.19. The van der Waals surface area contributed by atoms with Crippen LogP contribution in [-0.4, -0.2) is 49.8 Å². The van der Waals surface area contributed by atoms with Gasteiger partial charge in [0.15, 0.2) is 0 Å². The summed E-state index contributed by atoms with van der Waals surface area (Å²) in [4.78, 5) is 51.6. The van der Waals surface area contributed by atoms with E-state index in [1.54, 1.807) is 0 Å². The predicted molar refractivity (Wildman–Crippen MR) is 66.1 cm³/mol. The number of nitrogens with zero attached hydrogens (tertiary/aromatic N) is 3. The quantitative estimate of drug-likeness (QED) is 0.563. The zero-order valence-corrected chi connectivity index (χ0v) is 10.6. The third-order valence-electron chi connectivity index (χ3n) is 3.14. The molecule has 0 spiro atoms. The number of hydrogen-bond acceptors (Lipinski definition) is 7. The lowest BCUT2D eigenvalue weighted by Crippen LogP contribution is -2.54. The average Bonchev–Trinajstić information content (AvgIpc) is 3.02. The highest BCUT2D eigenvalue weighted by Crippen LogP contribution is 2.21. The van der Waals surface area contributed by atoms with Crippen LogP contribution >= 0.6 is 0 Å². The molecule has 1 saturated heterocycles. The first kappa shape index (κ1) is 13.0. The third kappa shape index (κ3) is 2.26. The molecule has 1 unspecified atom stereocenters. The molecule has 21 heavy (non-hydrogen) atoms. The summed E-state index contributed by atoms with van der Waals surface area (Å²) in [5, 5.41) is 10.9. The van der Waals surface area contributed by atoms with Crippen LogP contribution in [0.1, 0.15) is 12.8 Å². The monoisotopic (exact) mass is 290 g/mol. The number of piperidine rings is 1. The summed E-state index contributed by atoms with van der Waals surface area (Å²) in [5.41, 5.74) is -0.0238. The van der Waals surface area contributed by atoms with Gasteiger partial charge in [0.05, 0.1) is 0 Å². The Bertz CT molecular complexity index is 664. The van der Waals surface area contributed by atoms with Gasteiger partial charge in [-0.1, -0.05) is 0 Å². The number of imide groups is 2.